The largest absolute Gasteiger partial charge is 0.463 e. The monoisotopic (exact) mass is 364 g/mol. The third kappa shape index (κ3) is 4.78. The Balaban J connectivity index is 1.53. The fraction of sp³-hybridized carbons (Fsp3) is 0.737. The first kappa shape index (κ1) is 19.2. The van der Waals surface area contributed by atoms with Gasteiger partial charge in [-0.05, 0) is 52.3 Å². The van der Waals surface area contributed by atoms with Crippen LogP contribution >= 0.6 is 0 Å². The standard InChI is InChI=1S/C19H32N4O3/c1-4-20-18(22-13-19(3,24)17-8-7-14(2)26-17)21-10-16-11-23-9-5-6-15(23)12-25-16/h7-8,15-16,24H,4-6,9-13H2,1-3H3,(H2,20,21,22). The van der Waals surface area contributed by atoms with Crippen molar-refractivity contribution in [2.24, 2.45) is 4.99 Å². The number of aliphatic imine (C=N–C) groups is 1. The first-order valence-electron chi connectivity index (χ1n) is 9.65. The molecule has 2 aliphatic heterocycles. The molecule has 0 spiro atoms. The van der Waals surface area contributed by atoms with Crippen LogP contribution in [0.2, 0.25) is 0 Å². The van der Waals surface area contributed by atoms with Crippen molar-refractivity contribution in [2.45, 2.75) is 51.4 Å². The molecule has 3 rings (SSSR count). The van der Waals surface area contributed by atoms with Crippen molar-refractivity contribution in [3.8, 4) is 0 Å². The number of guanidine groups is 1. The van der Waals surface area contributed by atoms with Crippen LogP contribution in [-0.2, 0) is 10.3 Å². The van der Waals surface area contributed by atoms with Gasteiger partial charge in [0.1, 0.15) is 17.1 Å². The first-order chi connectivity index (χ1) is 12.5. The van der Waals surface area contributed by atoms with Crippen LogP contribution in [0.15, 0.2) is 21.5 Å². The summed E-state index contributed by atoms with van der Waals surface area (Å²) in [5, 5.41) is 17.2. The molecule has 0 radical (unpaired) electrons. The smallest absolute Gasteiger partial charge is 0.191 e. The number of morpholine rings is 1. The lowest BCUT2D eigenvalue weighted by Gasteiger charge is -2.35. The van der Waals surface area contributed by atoms with Gasteiger partial charge in [-0.1, -0.05) is 0 Å². The minimum Gasteiger partial charge on any atom is -0.463 e. The summed E-state index contributed by atoms with van der Waals surface area (Å²) in [6.07, 6.45) is 2.70. The molecular formula is C19H32N4O3. The minimum atomic E-state index is -1.14. The molecule has 2 fully saturated rings. The Hall–Kier alpha value is -1.57. The number of nitrogens with one attached hydrogen (secondary N) is 2. The Kier molecular flexibility index (Phi) is 6.21. The number of rotatable bonds is 6. The molecule has 1 aromatic heterocycles. The van der Waals surface area contributed by atoms with Gasteiger partial charge in [0.15, 0.2) is 5.96 Å². The van der Waals surface area contributed by atoms with E-state index in [4.69, 9.17) is 9.15 Å². The average Bonchev–Trinajstić information content (AvgIpc) is 3.26. The number of hydrogen-bond acceptors (Lipinski definition) is 5. The average molecular weight is 364 g/mol. The first-order valence-corrected chi connectivity index (χ1v) is 9.65. The Morgan fingerprint density at radius 2 is 2.27 bits per heavy atom. The van der Waals surface area contributed by atoms with Gasteiger partial charge < -0.3 is 24.9 Å². The van der Waals surface area contributed by atoms with Crippen LogP contribution in [0, 0.1) is 6.92 Å². The van der Waals surface area contributed by atoms with Gasteiger partial charge in [0.2, 0.25) is 0 Å². The zero-order chi connectivity index (χ0) is 18.6. The van der Waals surface area contributed by atoms with E-state index >= 15 is 0 Å². The van der Waals surface area contributed by atoms with Crippen molar-refractivity contribution in [3.05, 3.63) is 23.7 Å². The number of aryl methyl sites for hydroxylation is 1. The molecule has 1 aromatic rings. The van der Waals surface area contributed by atoms with Crippen LogP contribution in [0.5, 0.6) is 0 Å². The second kappa shape index (κ2) is 8.41. The molecule has 26 heavy (non-hydrogen) atoms. The van der Waals surface area contributed by atoms with Crippen LogP contribution < -0.4 is 10.6 Å². The molecule has 0 aliphatic carbocycles. The fourth-order valence-electron chi connectivity index (χ4n) is 3.60. The van der Waals surface area contributed by atoms with E-state index in [0.29, 0.717) is 24.3 Å². The fourth-order valence-corrected chi connectivity index (χ4v) is 3.60. The molecule has 7 nitrogen and oxygen atoms in total. The zero-order valence-corrected chi connectivity index (χ0v) is 16.1. The highest BCUT2D eigenvalue weighted by Crippen LogP contribution is 2.23. The maximum atomic E-state index is 10.6. The van der Waals surface area contributed by atoms with Gasteiger partial charge in [0, 0.05) is 25.7 Å². The lowest BCUT2D eigenvalue weighted by atomic mass is 10.0. The lowest BCUT2D eigenvalue weighted by molar-refractivity contribution is -0.0453. The second-order valence-corrected chi connectivity index (χ2v) is 7.51. The van der Waals surface area contributed by atoms with Crippen molar-refractivity contribution in [1.29, 1.82) is 0 Å². The van der Waals surface area contributed by atoms with E-state index in [1.54, 1.807) is 13.0 Å². The molecule has 7 heteroatoms. The summed E-state index contributed by atoms with van der Waals surface area (Å²) in [6, 6.07) is 4.26. The predicted molar refractivity (Wildman–Crippen MR) is 101 cm³/mol. The van der Waals surface area contributed by atoms with Crippen LogP contribution in [0.4, 0.5) is 0 Å². The molecule has 3 unspecified atom stereocenters. The Morgan fingerprint density at radius 3 is 3.00 bits per heavy atom. The van der Waals surface area contributed by atoms with Crippen molar-refractivity contribution in [3.63, 3.8) is 0 Å². The molecule has 0 aromatic carbocycles. The van der Waals surface area contributed by atoms with Crippen molar-refractivity contribution >= 4 is 5.96 Å². The minimum absolute atomic E-state index is 0.168. The number of furan rings is 1. The Bertz CT molecular complexity index is 614. The molecule has 3 atom stereocenters. The summed E-state index contributed by atoms with van der Waals surface area (Å²) in [5.41, 5.74) is -1.14. The van der Waals surface area contributed by atoms with Gasteiger partial charge in [0.05, 0.1) is 19.3 Å². The number of ether oxygens (including phenoxy) is 1. The maximum absolute atomic E-state index is 10.6. The summed E-state index contributed by atoms with van der Waals surface area (Å²) in [6.45, 7) is 10.3. The molecule has 3 heterocycles. The molecule has 2 aliphatic rings. The van der Waals surface area contributed by atoms with E-state index in [-0.39, 0.29) is 12.6 Å². The topological polar surface area (TPSA) is 82.3 Å². The third-order valence-electron chi connectivity index (χ3n) is 5.12. The summed E-state index contributed by atoms with van der Waals surface area (Å²) in [4.78, 5) is 7.07. The SMILES string of the molecule is CCNC(=NCC(C)(O)c1ccc(C)o1)NCC1CN2CCCC2CO1. The van der Waals surface area contributed by atoms with Crippen LogP contribution in [0.1, 0.15) is 38.2 Å². The third-order valence-corrected chi connectivity index (χ3v) is 5.12. The zero-order valence-electron chi connectivity index (χ0n) is 16.1. The van der Waals surface area contributed by atoms with Gasteiger partial charge in [-0.2, -0.15) is 0 Å². The summed E-state index contributed by atoms with van der Waals surface area (Å²) < 4.78 is 11.5. The predicted octanol–water partition coefficient (Wildman–Crippen LogP) is 1.21. The number of nitrogens with zero attached hydrogens (tertiary/aromatic N) is 2. The van der Waals surface area contributed by atoms with E-state index < -0.39 is 5.60 Å². The van der Waals surface area contributed by atoms with Gasteiger partial charge in [0.25, 0.3) is 0 Å². The summed E-state index contributed by atoms with van der Waals surface area (Å²) in [5.74, 6) is 2.00. The Labute approximate surface area is 155 Å². The van der Waals surface area contributed by atoms with E-state index in [0.717, 1.165) is 25.5 Å². The van der Waals surface area contributed by atoms with E-state index in [1.165, 1.54) is 19.4 Å². The quantitative estimate of drug-likeness (QED) is 0.520. The van der Waals surface area contributed by atoms with Gasteiger partial charge in [-0.3, -0.25) is 4.90 Å². The molecule has 3 N–H and O–H groups in total. The van der Waals surface area contributed by atoms with Gasteiger partial charge in [-0.25, -0.2) is 4.99 Å². The van der Waals surface area contributed by atoms with Gasteiger partial charge >= 0.3 is 0 Å². The lowest BCUT2D eigenvalue weighted by Crippen LogP contribution is -2.51. The number of aliphatic hydroxyl groups is 1. The van der Waals surface area contributed by atoms with Gasteiger partial charge in [-0.15, -0.1) is 0 Å². The molecule has 2 saturated heterocycles. The van der Waals surface area contributed by atoms with Crippen LogP contribution in [0.3, 0.4) is 0 Å². The van der Waals surface area contributed by atoms with E-state index in [1.807, 2.05) is 19.9 Å². The van der Waals surface area contributed by atoms with Crippen molar-refractivity contribution < 1.29 is 14.3 Å². The molecule has 146 valence electrons. The summed E-state index contributed by atoms with van der Waals surface area (Å²) in [7, 11) is 0. The molecule has 0 amide bonds. The van der Waals surface area contributed by atoms with Crippen LogP contribution in [0.25, 0.3) is 0 Å². The van der Waals surface area contributed by atoms with Crippen LogP contribution in [-0.4, -0.2) is 67.4 Å². The maximum Gasteiger partial charge on any atom is 0.191 e. The number of fused-ring (bicyclic) bond motifs is 1. The summed E-state index contributed by atoms with van der Waals surface area (Å²) >= 11 is 0. The molecule has 0 saturated carbocycles. The normalized spacial score (nSPS) is 26.4. The highest BCUT2D eigenvalue weighted by atomic mass is 16.5. The van der Waals surface area contributed by atoms with Crippen molar-refractivity contribution in [1.82, 2.24) is 15.5 Å². The molecular weight excluding hydrogens is 332 g/mol. The highest BCUT2D eigenvalue weighted by molar-refractivity contribution is 5.79. The highest BCUT2D eigenvalue weighted by Gasteiger charge is 2.32. The number of hydrogen-bond donors (Lipinski definition) is 3. The molecule has 0 bridgehead atoms. The Morgan fingerprint density at radius 1 is 1.42 bits per heavy atom. The van der Waals surface area contributed by atoms with E-state index in [9.17, 15) is 5.11 Å². The second-order valence-electron chi connectivity index (χ2n) is 7.51. The van der Waals surface area contributed by atoms with Crippen molar-refractivity contribution in [2.75, 3.05) is 39.3 Å². The van der Waals surface area contributed by atoms with E-state index in [2.05, 4.69) is 20.5 Å².